The molecule has 112 valence electrons. The van der Waals surface area contributed by atoms with Gasteiger partial charge >= 0.3 is 6.18 Å². The standard InChI is InChI=1S/C14H9ClF5N/c15-7-1-3-9(12(17)5-7)13(21)10-6-8(16)2-4-11(10)14(18,19)20/h1-6,13H,21H2. The van der Waals surface area contributed by atoms with Crippen LogP contribution in [0.5, 0.6) is 0 Å². The van der Waals surface area contributed by atoms with E-state index in [-0.39, 0.29) is 10.6 Å². The predicted octanol–water partition coefficient (Wildman–Crippen LogP) is 4.69. The van der Waals surface area contributed by atoms with Crippen molar-refractivity contribution in [2.45, 2.75) is 12.2 Å². The monoisotopic (exact) mass is 321 g/mol. The molecule has 0 aliphatic rings. The molecule has 1 nitrogen and oxygen atoms in total. The van der Waals surface area contributed by atoms with E-state index in [1.54, 1.807) is 0 Å². The maximum Gasteiger partial charge on any atom is 0.416 e. The van der Waals surface area contributed by atoms with Crippen molar-refractivity contribution in [2.75, 3.05) is 0 Å². The van der Waals surface area contributed by atoms with Crippen LogP contribution in [0.3, 0.4) is 0 Å². The minimum absolute atomic E-state index is 0.0822. The molecule has 21 heavy (non-hydrogen) atoms. The van der Waals surface area contributed by atoms with E-state index in [1.807, 2.05) is 0 Å². The average Bonchev–Trinajstić information content (AvgIpc) is 2.36. The second-order valence-electron chi connectivity index (χ2n) is 4.37. The molecule has 0 saturated heterocycles. The fourth-order valence-electron chi connectivity index (χ4n) is 1.97. The van der Waals surface area contributed by atoms with Gasteiger partial charge in [-0.05, 0) is 35.9 Å². The van der Waals surface area contributed by atoms with Gasteiger partial charge < -0.3 is 5.73 Å². The Morgan fingerprint density at radius 1 is 0.952 bits per heavy atom. The Labute approximate surface area is 122 Å². The zero-order valence-corrected chi connectivity index (χ0v) is 11.1. The Bertz CT molecular complexity index is 669. The third-order valence-electron chi connectivity index (χ3n) is 2.95. The van der Waals surface area contributed by atoms with Gasteiger partial charge in [0.25, 0.3) is 0 Å². The third-order valence-corrected chi connectivity index (χ3v) is 3.19. The number of hydrogen-bond acceptors (Lipinski definition) is 1. The first-order chi connectivity index (χ1) is 9.70. The maximum atomic E-state index is 13.8. The van der Waals surface area contributed by atoms with E-state index in [2.05, 4.69) is 0 Å². The van der Waals surface area contributed by atoms with Crippen LogP contribution in [0.25, 0.3) is 0 Å². The third kappa shape index (κ3) is 3.33. The SMILES string of the molecule is NC(c1ccc(Cl)cc1F)c1cc(F)ccc1C(F)(F)F. The molecule has 0 heterocycles. The van der Waals surface area contributed by atoms with Crippen LogP contribution in [0.2, 0.25) is 5.02 Å². The summed E-state index contributed by atoms with van der Waals surface area (Å²) in [6.45, 7) is 0. The van der Waals surface area contributed by atoms with E-state index in [0.29, 0.717) is 18.2 Å². The zero-order chi connectivity index (χ0) is 15.8. The number of benzene rings is 2. The van der Waals surface area contributed by atoms with Crippen molar-refractivity contribution in [1.29, 1.82) is 0 Å². The number of hydrogen-bond donors (Lipinski definition) is 1. The molecule has 0 aromatic heterocycles. The molecule has 0 radical (unpaired) electrons. The van der Waals surface area contributed by atoms with E-state index in [1.165, 1.54) is 12.1 Å². The Kier molecular flexibility index (Phi) is 4.20. The summed E-state index contributed by atoms with van der Waals surface area (Å²) >= 11 is 5.58. The summed E-state index contributed by atoms with van der Waals surface area (Å²) in [5, 5.41) is 0.0822. The van der Waals surface area contributed by atoms with Gasteiger partial charge in [-0.15, -0.1) is 0 Å². The Morgan fingerprint density at radius 3 is 2.19 bits per heavy atom. The van der Waals surface area contributed by atoms with Crippen LogP contribution in [0.1, 0.15) is 22.7 Å². The van der Waals surface area contributed by atoms with Crippen LogP contribution in [-0.2, 0) is 6.18 Å². The fourth-order valence-corrected chi connectivity index (χ4v) is 2.13. The van der Waals surface area contributed by atoms with Crippen LogP contribution in [0, 0.1) is 11.6 Å². The summed E-state index contributed by atoms with van der Waals surface area (Å²) in [6, 6.07) is 3.86. The van der Waals surface area contributed by atoms with Gasteiger partial charge in [-0.1, -0.05) is 17.7 Å². The lowest BCUT2D eigenvalue weighted by Gasteiger charge is -2.19. The predicted molar refractivity (Wildman–Crippen MR) is 68.8 cm³/mol. The molecule has 0 bridgehead atoms. The quantitative estimate of drug-likeness (QED) is 0.798. The highest BCUT2D eigenvalue weighted by molar-refractivity contribution is 6.30. The minimum atomic E-state index is -4.72. The molecule has 2 N–H and O–H groups in total. The molecule has 1 atom stereocenters. The molecule has 0 amide bonds. The molecule has 1 unspecified atom stereocenters. The minimum Gasteiger partial charge on any atom is -0.320 e. The lowest BCUT2D eigenvalue weighted by atomic mass is 9.94. The van der Waals surface area contributed by atoms with Crippen molar-refractivity contribution in [1.82, 2.24) is 0 Å². The van der Waals surface area contributed by atoms with Crippen LogP contribution < -0.4 is 5.73 Å². The van der Waals surface area contributed by atoms with Gasteiger partial charge in [0.1, 0.15) is 11.6 Å². The Hall–Kier alpha value is -1.66. The summed E-state index contributed by atoms with van der Waals surface area (Å²) in [4.78, 5) is 0. The normalized spacial score (nSPS) is 13.3. The maximum absolute atomic E-state index is 13.8. The van der Waals surface area contributed by atoms with Crippen molar-refractivity contribution in [3.8, 4) is 0 Å². The van der Waals surface area contributed by atoms with Gasteiger partial charge in [0.15, 0.2) is 0 Å². The molecule has 0 saturated carbocycles. The van der Waals surface area contributed by atoms with E-state index in [0.717, 1.165) is 6.07 Å². The molecule has 0 fully saturated rings. The summed E-state index contributed by atoms with van der Waals surface area (Å²) in [5.74, 6) is -1.74. The van der Waals surface area contributed by atoms with Crippen LogP contribution >= 0.6 is 11.6 Å². The molecule has 7 heteroatoms. The van der Waals surface area contributed by atoms with E-state index < -0.39 is 35.0 Å². The topological polar surface area (TPSA) is 26.0 Å². The fraction of sp³-hybridized carbons (Fsp3) is 0.143. The van der Waals surface area contributed by atoms with Gasteiger partial charge in [0.2, 0.25) is 0 Å². The molecule has 0 aliphatic heterocycles. The molecule has 2 aromatic carbocycles. The molecular weight excluding hydrogens is 313 g/mol. The number of rotatable bonds is 2. The second-order valence-corrected chi connectivity index (χ2v) is 4.81. The molecule has 0 aliphatic carbocycles. The van der Waals surface area contributed by atoms with Gasteiger partial charge in [-0.25, -0.2) is 8.78 Å². The zero-order valence-electron chi connectivity index (χ0n) is 10.4. The number of nitrogens with two attached hydrogens (primary N) is 1. The van der Waals surface area contributed by atoms with Crippen molar-refractivity contribution in [2.24, 2.45) is 5.73 Å². The van der Waals surface area contributed by atoms with Gasteiger partial charge in [-0.2, -0.15) is 13.2 Å². The second kappa shape index (κ2) is 5.61. The van der Waals surface area contributed by atoms with Crippen molar-refractivity contribution >= 4 is 11.6 Å². The summed E-state index contributed by atoms with van der Waals surface area (Å²) in [5.41, 5.74) is 3.84. The average molecular weight is 322 g/mol. The first-order valence-electron chi connectivity index (χ1n) is 5.77. The summed E-state index contributed by atoms with van der Waals surface area (Å²) in [7, 11) is 0. The van der Waals surface area contributed by atoms with Crippen molar-refractivity contribution in [3.63, 3.8) is 0 Å². The summed E-state index contributed by atoms with van der Waals surface area (Å²) < 4.78 is 65.8. The van der Waals surface area contributed by atoms with Crippen molar-refractivity contribution < 1.29 is 22.0 Å². The van der Waals surface area contributed by atoms with E-state index in [4.69, 9.17) is 17.3 Å². The molecule has 2 aromatic rings. The van der Waals surface area contributed by atoms with Crippen LogP contribution in [-0.4, -0.2) is 0 Å². The molecular formula is C14H9ClF5N. The van der Waals surface area contributed by atoms with Gasteiger partial charge in [0, 0.05) is 10.6 Å². The Balaban J connectivity index is 2.57. The lowest BCUT2D eigenvalue weighted by Crippen LogP contribution is -2.19. The van der Waals surface area contributed by atoms with Gasteiger partial charge in [0.05, 0.1) is 11.6 Å². The van der Waals surface area contributed by atoms with Crippen LogP contribution in [0.4, 0.5) is 22.0 Å². The highest BCUT2D eigenvalue weighted by Gasteiger charge is 2.35. The molecule has 0 spiro atoms. The van der Waals surface area contributed by atoms with Crippen molar-refractivity contribution in [3.05, 3.63) is 69.7 Å². The van der Waals surface area contributed by atoms with Gasteiger partial charge in [-0.3, -0.25) is 0 Å². The number of alkyl halides is 3. The van der Waals surface area contributed by atoms with Crippen LogP contribution in [0.15, 0.2) is 36.4 Å². The molecule has 2 rings (SSSR count). The first kappa shape index (κ1) is 15.7. The highest BCUT2D eigenvalue weighted by atomic mass is 35.5. The van der Waals surface area contributed by atoms with E-state index >= 15 is 0 Å². The van der Waals surface area contributed by atoms with E-state index in [9.17, 15) is 22.0 Å². The highest BCUT2D eigenvalue weighted by Crippen LogP contribution is 2.36. The summed E-state index contributed by atoms with van der Waals surface area (Å²) in [6.07, 6.45) is -4.72. The number of halogens is 6. The smallest absolute Gasteiger partial charge is 0.320 e. The largest absolute Gasteiger partial charge is 0.416 e. The Morgan fingerprint density at radius 2 is 1.62 bits per heavy atom. The lowest BCUT2D eigenvalue weighted by molar-refractivity contribution is -0.138. The first-order valence-corrected chi connectivity index (χ1v) is 6.15.